The summed E-state index contributed by atoms with van der Waals surface area (Å²) in [6.45, 7) is 5.55. The molecule has 3 rings (SSSR count). The molecule has 2 aromatic rings. The van der Waals surface area contributed by atoms with Crippen molar-refractivity contribution in [3.05, 3.63) is 76.4 Å². The third-order valence-corrected chi connectivity index (χ3v) is 4.72. The van der Waals surface area contributed by atoms with Gasteiger partial charge in [-0.15, -0.1) is 0 Å². The standard InChI is InChI=1S/C22H19F4NO2/c1-3-27(4-2)15-10-8-13(9-11-15)6-5-7-14-12-29-22-16(21(14)28)17(23)18(24)19(25)20(22)26/h5-11H,3-4,12H2,1-2H3. The molecule has 1 aliphatic rings. The molecule has 7 heteroatoms. The minimum absolute atomic E-state index is 0.00202. The number of ether oxygens (including phenoxy) is 1. The summed E-state index contributed by atoms with van der Waals surface area (Å²) in [5.41, 5.74) is 1.02. The van der Waals surface area contributed by atoms with Crippen molar-refractivity contribution in [2.75, 3.05) is 24.6 Å². The van der Waals surface area contributed by atoms with Gasteiger partial charge in [0, 0.05) is 24.4 Å². The van der Waals surface area contributed by atoms with Gasteiger partial charge in [0.1, 0.15) is 12.2 Å². The first-order chi connectivity index (χ1) is 13.9. The van der Waals surface area contributed by atoms with Crippen molar-refractivity contribution in [3.63, 3.8) is 0 Å². The van der Waals surface area contributed by atoms with Crippen molar-refractivity contribution >= 4 is 17.5 Å². The van der Waals surface area contributed by atoms with E-state index < -0.39 is 40.4 Å². The van der Waals surface area contributed by atoms with Crippen LogP contribution in [-0.4, -0.2) is 25.5 Å². The zero-order chi connectivity index (χ0) is 21.1. The van der Waals surface area contributed by atoms with Gasteiger partial charge in [-0.3, -0.25) is 4.79 Å². The van der Waals surface area contributed by atoms with E-state index in [2.05, 4.69) is 18.7 Å². The van der Waals surface area contributed by atoms with E-state index in [-0.39, 0.29) is 12.2 Å². The van der Waals surface area contributed by atoms with Crippen LogP contribution in [0.1, 0.15) is 29.8 Å². The average molecular weight is 405 g/mol. The molecule has 0 bridgehead atoms. The Morgan fingerprint density at radius 3 is 2.21 bits per heavy atom. The number of allylic oxidation sites excluding steroid dienone is 2. The number of hydrogen-bond donors (Lipinski definition) is 0. The third-order valence-electron chi connectivity index (χ3n) is 4.72. The van der Waals surface area contributed by atoms with Gasteiger partial charge in [0.2, 0.25) is 11.6 Å². The van der Waals surface area contributed by atoms with Crippen LogP contribution in [0.3, 0.4) is 0 Å². The molecule has 0 N–H and O–H groups in total. The molecule has 2 aromatic carbocycles. The zero-order valence-corrected chi connectivity index (χ0v) is 15.9. The van der Waals surface area contributed by atoms with E-state index in [9.17, 15) is 22.4 Å². The summed E-state index contributed by atoms with van der Waals surface area (Å²) in [5.74, 6) is -9.36. The van der Waals surface area contributed by atoms with Crippen LogP contribution in [0.25, 0.3) is 6.08 Å². The Hall–Kier alpha value is -3.09. The third kappa shape index (κ3) is 3.90. The Kier molecular flexibility index (Phi) is 6.06. The molecule has 1 heterocycles. The molecular formula is C22H19F4NO2. The molecule has 0 spiro atoms. The summed E-state index contributed by atoms with van der Waals surface area (Å²) in [6, 6.07) is 7.76. The van der Waals surface area contributed by atoms with E-state index in [0.29, 0.717) is 0 Å². The number of ketones is 1. The van der Waals surface area contributed by atoms with E-state index in [0.717, 1.165) is 24.3 Å². The van der Waals surface area contributed by atoms with Gasteiger partial charge in [-0.2, -0.15) is 4.39 Å². The van der Waals surface area contributed by atoms with Crippen LogP contribution >= 0.6 is 0 Å². The van der Waals surface area contributed by atoms with E-state index in [1.165, 1.54) is 6.08 Å². The Bertz CT molecular complexity index is 993. The van der Waals surface area contributed by atoms with Gasteiger partial charge in [-0.05, 0) is 31.5 Å². The molecule has 0 aliphatic carbocycles. The maximum absolute atomic E-state index is 14.0. The first-order valence-electron chi connectivity index (χ1n) is 9.14. The van der Waals surface area contributed by atoms with Gasteiger partial charge in [-0.1, -0.05) is 30.4 Å². The predicted molar refractivity (Wildman–Crippen MR) is 103 cm³/mol. The average Bonchev–Trinajstić information content (AvgIpc) is 2.73. The summed E-state index contributed by atoms with van der Waals surface area (Å²) in [6.07, 6.45) is 4.66. The van der Waals surface area contributed by atoms with Crippen molar-refractivity contribution in [1.29, 1.82) is 0 Å². The van der Waals surface area contributed by atoms with Crippen LogP contribution in [0.2, 0.25) is 0 Å². The second kappa shape index (κ2) is 8.51. The van der Waals surface area contributed by atoms with Gasteiger partial charge in [0.15, 0.2) is 23.2 Å². The quantitative estimate of drug-likeness (QED) is 0.292. The SMILES string of the molecule is CCN(CC)c1ccc(C=CC=C2COc3c(F)c(F)c(F)c(F)c3C2=O)cc1. The predicted octanol–water partition coefficient (Wildman–Crippen LogP) is 5.30. The van der Waals surface area contributed by atoms with Crippen LogP contribution in [0.15, 0.2) is 42.0 Å². The number of rotatable bonds is 5. The highest BCUT2D eigenvalue weighted by Gasteiger charge is 2.34. The largest absolute Gasteiger partial charge is 0.485 e. The molecule has 152 valence electrons. The molecule has 0 amide bonds. The van der Waals surface area contributed by atoms with Crippen molar-refractivity contribution in [3.8, 4) is 5.75 Å². The van der Waals surface area contributed by atoms with E-state index in [4.69, 9.17) is 4.74 Å². The Labute approximate surface area is 165 Å². The number of fused-ring (bicyclic) bond motifs is 1. The van der Waals surface area contributed by atoms with Crippen molar-refractivity contribution < 1.29 is 27.1 Å². The maximum atomic E-state index is 14.0. The van der Waals surface area contributed by atoms with Crippen LogP contribution in [0.4, 0.5) is 23.2 Å². The number of Topliss-reactive ketones (excluding diaryl/α,β-unsaturated/α-hetero) is 1. The molecular weight excluding hydrogens is 386 g/mol. The minimum atomic E-state index is -2.04. The Balaban J connectivity index is 1.82. The molecule has 29 heavy (non-hydrogen) atoms. The molecule has 0 unspecified atom stereocenters. The lowest BCUT2D eigenvalue weighted by molar-refractivity contribution is 0.0988. The summed E-state index contributed by atoms with van der Waals surface area (Å²) in [4.78, 5) is 14.6. The summed E-state index contributed by atoms with van der Waals surface area (Å²) in [5, 5.41) is 0. The Morgan fingerprint density at radius 1 is 0.966 bits per heavy atom. The molecule has 0 saturated carbocycles. The highest BCUT2D eigenvalue weighted by atomic mass is 19.2. The molecule has 0 saturated heterocycles. The van der Waals surface area contributed by atoms with Gasteiger partial charge in [0.25, 0.3) is 0 Å². The molecule has 0 radical (unpaired) electrons. The number of halogens is 4. The fourth-order valence-electron chi connectivity index (χ4n) is 3.11. The number of carbonyl (C=O) groups excluding carboxylic acids is 1. The fraction of sp³-hybridized carbons (Fsp3) is 0.227. The topological polar surface area (TPSA) is 29.5 Å². The van der Waals surface area contributed by atoms with Crippen molar-refractivity contribution in [2.24, 2.45) is 0 Å². The van der Waals surface area contributed by atoms with E-state index in [1.807, 2.05) is 24.3 Å². The minimum Gasteiger partial charge on any atom is -0.485 e. The van der Waals surface area contributed by atoms with Gasteiger partial charge >= 0.3 is 0 Å². The lowest BCUT2D eigenvalue weighted by Gasteiger charge is -2.20. The van der Waals surface area contributed by atoms with E-state index >= 15 is 0 Å². The Morgan fingerprint density at radius 2 is 1.59 bits per heavy atom. The van der Waals surface area contributed by atoms with Crippen LogP contribution in [0, 0.1) is 23.3 Å². The van der Waals surface area contributed by atoms with Crippen molar-refractivity contribution in [1.82, 2.24) is 0 Å². The molecule has 3 nitrogen and oxygen atoms in total. The highest BCUT2D eigenvalue weighted by molar-refractivity contribution is 6.12. The second-order valence-electron chi connectivity index (χ2n) is 6.39. The molecule has 0 atom stereocenters. The van der Waals surface area contributed by atoms with Crippen LogP contribution in [-0.2, 0) is 0 Å². The molecule has 1 aliphatic heterocycles. The van der Waals surface area contributed by atoms with Gasteiger partial charge < -0.3 is 9.64 Å². The smallest absolute Gasteiger partial charge is 0.204 e. The summed E-state index contributed by atoms with van der Waals surface area (Å²) >= 11 is 0. The first-order valence-corrected chi connectivity index (χ1v) is 9.14. The number of nitrogens with zero attached hydrogens (tertiary/aromatic N) is 1. The van der Waals surface area contributed by atoms with Crippen LogP contribution in [0.5, 0.6) is 5.75 Å². The normalized spacial score (nSPS) is 15.0. The van der Waals surface area contributed by atoms with Crippen LogP contribution < -0.4 is 9.64 Å². The number of carbonyl (C=O) groups is 1. The highest BCUT2D eigenvalue weighted by Crippen LogP contribution is 2.35. The number of anilines is 1. The van der Waals surface area contributed by atoms with E-state index in [1.54, 1.807) is 12.2 Å². The summed E-state index contributed by atoms with van der Waals surface area (Å²) < 4.78 is 59.4. The molecule has 0 fully saturated rings. The molecule has 0 aromatic heterocycles. The first kappa shape index (κ1) is 20.6. The lowest BCUT2D eigenvalue weighted by atomic mass is 9.98. The van der Waals surface area contributed by atoms with Gasteiger partial charge in [-0.25, -0.2) is 13.2 Å². The number of benzene rings is 2. The van der Waals surface area contributed by atoms with Crippen molar-refractivity contribution in [2.45, 2.75) is 13.8 Å². The maximum Gasteiger partial charge on any atom is 0.204 e. The van der Waals surface area contributed by atoms with Gasteiger partial charge in [0.05, 0.1) is 0 Å². The fourth-order valence-corrected chi connectivity index (χ4v) is 3.11. The monoisotopic (exact) mass is 405 g/mol. The second-order valence-corrected chi connectivity index (χ2v) is 6.39. The summed E-state index contributed by atoms with van der Waals surface area (Å²) in [7, 11) is 0. The zero-order valence-electron chi connectivity index (χ0n) is 15.9. The lowest BCUT2D eigenvalue weighted by Crippen LogP contribution is -2.23. The number of hydrogen-bond acceptors (Lipinski definition) is 3.